The van der Waals surface area contributed by atoms with E-state index in [1.54, 1.807) is 0 Å². The van der Waals surface area contributed by atoms with Crippen molar-refractivity contribution in [2.24, 2.45) is 0 Å². The average Bonchev–Trinajstić information content (AvgIpc) is 3.13. The molecule has 0 aliphatic rings. The molecule has 0 atom stereocenters. The summed E-state index contributed by atoms with van der Waals surface area (Å²) in [5.74, 6) is 0.963. The Morgan fingerprint density at radius 3 is 0.824 bits per heavy atom. The summed E-state index contributed by atoms with van der Waals surface area (Å²) in [4.78, 5) is 0. The molecule has 0 aliphatic heterocycles. The van der Waals surface area contributed by atoms with E-state index in [9.17, 15) is 10.2 Å². The van der Waals surface area contributed by atoms with E-state index in [2.05, 4.69) is 52.0 Å². The molecule has 292 valence electrons. The molecule has 2 nitrogen and oxygen atoms in total. The minimum absolute atomic E-state index is 0.481. The van der Waals surface area contributed by atoms with Crippen LogP contribution in [0.25, 0.3) is 0 Å². The van der Waals surface area contributed by atoms with Crippen molar-refractivity contribution in [3.8, 4) is 11.5 Å². The van der Waals surface area contributed by atoms with Crippen LogP contribution in [-0.4, -0.2) is 10.2 Å². The lowest BCUT2D eigenvalue weighted by Gasteiger charge is -2.17. The van der Waals surface area contributed by atoms with Crippen molar-refractivity contribution in [2.45, 2.75) is 240 Å². The van der Waals surface area contributed by atoms with Gasteiger partial charge in [-0.05, 0) is 84.7 Å². The van der Waals surface area contributed by atoms with Crippen molar-refractivity contribution in [1.29, 1.82) is 0 Å². The number of hydrogen-bond acceptors (Lipinski definition) is 2. The van der Waals surface area contributed by atoms with Crippen molar-refractivity contribution < 1.29 is 10.2 Å². The van der Waals surface area contributed by atoms with Crippen LogP contribution < -0.4 is 0 Å². The molecule has 0 radical (unpaired) electrons. The summed E-state index contributed by atoms with van der Waals surface area (Å²) < 4.78 is 0. The van der Waals surface area contributed by atoms with Gasteiger partial charge in [-0.1, -0.05) is 206 Å². The van der Waals surface area contributed by atoms with E-state index in [4.69, 9.17) is 0 Å². The first-order valence-corrected chi connectivity index (χ1v) is 22.7. The predicted molar refractivity (Wildman–Crippen MR) is 226 cm³/mol. The Hall–Kier alpha value is -1.96. The van der Waals surface area contributed by atoms with Crippen molar-refractivity contribution >= 4 is 0 Å². The number of aryl methyl sites for hydroxylation is 4. The first-order valence-electron chi connectivity index (χ1n) is 22.7. The molecule has 0 fully saturated rings. The molecule has 0 saturated heterocycles. The Labute approximate surface area is 318 Å². The van der Waals surface area contributed by atoms with E-state index >= 15 is 0 Å². The molecular weight excluding hydrogens is 621 g/mol. The number of benzene rings is 2. The van der Waals surface area contributed by atoms with Crippen LogP contribution in [0.3, 0.4) is 0 Å². The molecule has 0 bridgehead atoms. The third-order valence-electron chi connectivity index (χ3n) is 11.3. The molecule has 0 spiro atoms. The fourth-order valence-corrected chi connectivity index (χ4v) is 7.93. The molecule has 0 aromatic heterocycles. The maximum absolute atomic E-state index is 11.7. The van der Waals surface area contributed by atoms with E-state index in [1.807, 2.05) is 0 Å². The van der Waals surface area contributed by atoms with Gasteiger partial charge < -0.3 is 10.2 Å². The summed E-state index contributed by atoms with van der Waals surface area (Å²) in [5.41, 5.74) is 7.02. The largest absolute Gasteiger partial charge is 0.507 e. The van der Waals surface area contributed by atoms with Gasteiger partial charge in [0.2, 0.25) is 0 Å². The topological polar surface area (TPSA) is 40.5 Å². The summed E-state index contributed by atoms with van der Waals surface area (Å²) >= 11 is 0. The molecule has 2 N–H and O–H groups in total. The van der Waals surface area contributed by atoms with E-state index in [0.717, 1.165) is 60.8 Å². The van der Waals surface area contributed by atoms with Crippen molar-refractivity contribution in [3.05, 3.63) is 57.6 Å². The Morgan fingerprint density at radius 1 is 0.294 bits per heavy atom. The molecule has 0 unspecified atom stereocenters. The quantitative estimate of drug-likeness (QED) is 0.0712. The second-order valence-electron chi connectivity index (χ2n) is 16.2. The number of rotatable bonds is 34. The monoisotopic (exact) mass is 705 g/mol. The van der Waals surface area contributed by atoms with Gasteiger partial charge in [-0.2, -0.15) is 0 Å². The number of phenolic OH excluding ortho intramolecular Hbond substituents is 2. The molecule has 51 heavy (non-hydrogen) atoms. The zero-order chi connectivity index (χ0) is 36.8. The highest BCUT2D eigenvalue weighted by molar-refractivity contribution is 5.51. The van der Waals surface area contributed by atoms with Gasteiger partial charge in [0.25, 0.3) is 0 Å². The summed E-state index contributed by atoms with van der Waals surface area (Å²) in [6.07, 6.45) is 41.1. The maximum Gasteiger partial charge on any atom is 0.122 e. The van der Waals surface area contributed by atoms with Crippen LogP contribution in [0.5, 0.6) is 11.5 Å². The SMILES string of the molecule is CCCCCCCCCc1cc(CCCCCCCCC)c(O)c(Cc2cc(CCCCCCCCC)cc(CCCCCCCCC)c2O)c1. The van der Waals surface area contributed by atoms with E-state index in [-0.39, 0.29) is 0 Å². The van der Waals surface area contributed by atoms with E-state index < -0.39 is 0 Å². The summed E-state index contributed by atoms with van der Waals surface area (Å²) in [6, 6.07) is 9.18. The van der Waals surface area contributed by atoms with Gasteiger partial charge in [-0.25, -0.2) is 0 Å². The fraction of sp³-hybridized carbons (Fsp3) is 0.755. The highest BCUT2D eigenvalue weighted by atomic mass is 16.3. The van der Waals surface area contributed by atoms with Crippen molar-refractivity contribution in [3.63, 3.8) is 0 Å². The Bertz CT molecular complexity index is 1030. The van der Waals surface area contributed by atoms with Crippen molar-refractivity contribution in [1.82, 2.24) is 0 Å². The molecule has 2 aromatic rings. The zero-order valence-electron chi connectivity index (χ0n) is 34.5. The summed E-state index contributed by atoms with van der Waals surface area (Å²) in [5, 5.41) is 23.4. The van der Waals surface area contributed by atoms with Gasteiger partial charge >= 0.3 is 0 Å². The van der Waals surface area contributed by atoms with Gasteiger partial charge in [-0.15, -0.1) is 0 Å². The molecule has 2 rings (SSSR count). The lowest BCUT2D eigenvalue weighted by molar-refractivity contribution is 0.453. The average molecular weight is 705 g/mol. The molecule has 2 aromatic carbocycles. The molecule has 2 heteroatoms. The molecule has 0 heterocycles. The summed E-state index contributed by atoms with van der Waals surface area (Å²) in [6.45, 7) is 9.14. The minimum atomic E-state index is 0.481. The molecule has 0 aliphatic carbocycles. The van der Waals surface area contributed by atoms with Crippen LogP contribution in [0.2, 0.25) is 0 Å². The van der Waals surface area contributed by atoms with Crippen LogP contribution in [0, 0.1) is 0 Å². The van der Waals surface area contributed by atoms with Crippen LogP contribution in [0.15, 0.2) is 24.3 Å². The van der Waals surface area contributed by atoms with Gasteiger partial charge in [0, 0.05) is 6.42 Å². The van der Waals surface area contributed by atoms with Crippen LogP contribution in [0.4, 0.5) is 0 Å². The Morgan fingerprint density at radius 2 is 0.529 bits per heavy atom. The number of phenols is 2. The Balaban J connectivity index is 2.22. The first kappa shape index (κ1) is 45.2. The maximum atomic E-state index is 11.7. The third-order valence-corrected chi connectivity index (χ3v) is 11.3. The smallest absolute Gasteiger partial charge is 0.122 e. The minimum Gasteiger partial charge on any atom is -0.507 e. The normalized spacial score (nSPS) is 11.5. The summed E-state index contributed by atoms with van der Waals surface area (Å²) in [7, 11) is 0. The van der Waals surface area contributed by atoms with E-state index in [0.29, 0.717) is 17.9 Å². The number of hydrogen-bond donors (Lipinski definition) is 2. The van der Waals surface area contributed by atoms with Crippen LogP contribution in [-0.2, 0) is 32.1 Å². The van der Waals surface area contributed by atoms with Gasteiger partial charge in [-0.3, -0.25) is 0 Å². The Kier molecular flexibility index (Phi) is 27.0. The third kappa shape index (κ3) is 20.8. The second-order valence-corrected chi connectivity index (χ2v) is 16.2. The molecule has 0 saturated carbocycles. The molecule has 0 amide bonds. The van der Waals surface area contributed by atoms with Gasteiger partial charge in [0.1, 0.15) is 11.5 Å². The second kappa shape index (κ2) is 30.5. The molecular formula is C49H84O2. The van der Waals surface area contributed by atoms with E-state index in [1.165, 1.54) is 178 Å². The highest BCUT2D eigenvalue weighted by Crippen LogP contribution is 2.34. The lowest BCUT2D eigenvalue weighted by atomic mass is 9.90. The van der Waals surface area contributed by atoms with Crippen LogP contribution in [0.1, 0.15) is 241 Å². The van der Waals surface area contributed by atoms with Crippen LogP contribution >= 0.6 is 0 Å². The lowest BCUT2D eigenvalue weighted by Crippen LogP contribution is -2.01. The number of unbranched alkanes of at least 4 members (excludes halogenated alkanes) is 24. The standard InChI is InChI=1S/C49H84O2/c1-5-9-13-17-21-25-29-33-42-37-44(35-31-27-23-19-15-11-7-3)48(50)46(39-42)41-47-40-43(34-30-26-22-18-14-10-6-2)38-45(49(47)51)36-32-28-24-20-16-12-8-4/h37-40,50-51H,5-36,41H2,1-4H3. The fourth-order valence-electron chi connectivity index (χ4n) is 7.93. The highest BCUT2D eigenvalue weighted by Gasteiger charge is 2.16. The first-order chi connectivity index (χ1) is 25.0. The zero-order valence-corrected chi connectivity index (χ0v) is 34.5. The van der Waals surface area contributed by atoms with Crippen molar-refractivity contribution in [2.75, 3.05) is 0 Å². The van der Waals surface area contributed by atoms with Gasteiger partial charge in [0.15, 0.2) is 0 Å². The van der Waals surface area contributed by atoms with Gasteiger partial charge in [0.05, 0.1) is 0 Å². The number of aromatic hydroxyl groups is 2. The predicted octanol–water partition coefficient (Wildman–Crippen LogP) is 15.9.